The highest BCUT2D eigenvalue weighted by Gasteiger charge is 2.34. The van der Waals surface area contributed by atoms with Crippen LogP contribution >= 0.6 is 0 Å². The molecule has 5 nitrogen and oxygen atoms in total. The number of piperidine rings is 2. The van der Waals surface area contributed by atoms with Crippen LogP contribution in [0.2, 0.25) is 0 Å². The predicted molar refractivity (Wildman–Crippen MR) is 68.5 cm³/mol. The molecule has 2 rings (SSSR count). The van der Waals surface area contributed by atoms with Crippen LogP contribution in [0, 0.1) is 0 Å². The van der Waals surface area contributed by atoms with Gasteiger partial charge in [0.25, 0.3) is 0 Å². The van der Waals surface area contributed by atoms with E-state index >= 15 is 0 Å². The van der Waals surface area contributed by atoms with Crippen LogP contribution in [0.3, 0.4) is 0 Å². The second kappa shape index (κ2) is 5.65. The maximum Gasteiger partial charge on any atom is 0.217 e. The van der Waals surface area contributed by atoms with Crippen LogP contribution in [-0.2, 0) is 10.0 Å². The third-order valence-electron chi connectivity index (χ3n) is 3.93. The molecule has 17 heavy (non-hydrogen) atoms. The summed E-state index contributed by atoms with van der Waals surface area (Å²) >= 11 is 0. The van der Waals surface area contributed by atoms with Crippen LogP contribution in [0.15, 0.2) is 0 Å². The Hall–Kier alpha value is -0.170. The fraction of sp³-hybridized carbons (Fsp3) is 1.00. The Morgan fingerprint density at radius 3 is 2.24 bits per heavy atom. The molecule has 0 unspecified atom stereocenters. The molecular weight excluding hydrogens is 238 g/mol. The molecule has 2 aliphatic rings. The summed E-state index contributed by atoms with van der Waals surface area (Å²) < 4.78 is 26.5. The summed E-state index contributed by atoms with van der Waals surface area (Å²) in [7, 11) is -1.11. The van der Waals surface area contributed by atoms with Gasteiger partial charge in [-0.05, 0) is 45.8 Å². The van der Waals surface area contributed by atoms with E-state index < -0.39 is 10.0 Å². The minimum Gasteiger partial charge on any atom is -0.317 e. The summed E-state index contributed by atoms with van der Waals surface area (Å²) in [5.41, 5.74) is 0. The Balaban J connectivity index is 1.96. The molecule has 0 aromatic heterocycles. The normalized spacial score (nSPS) is 26.2. The second-order valence-corrected chi connectivity index (χ2v) is 7.17. The molecule has 0 aromatic carbocycles. The lowest BCUT2D eigenvalue weighted by Crippen LogP contribution is -2.49. The first-order chi connectivity index (χ1) is 8.14. The van der Waals surface area contributed by atoms with E-state index in [-0.39, 0.29) is 5.25 Å². The van der Waals surface area contributed by atoms with Gasteiger partial charge in [-0.25, -0.2) is 12.7 Å². The standard InChI is InChI=1S/C11H23N3O2S/c1-12-10-4-8-14(9-5-10)17(15,16)11-2-6-13-7-3-11/h10-13H,2-9H2,1H3. The molecule has 2 N–H and O–H groups in total. The van der Waals surface area contributed by atoms with Crippen LogP contribution in [0.1, 0.15) is 25.7 Å². The van der Waals surface area contributed by atoms with Gasteiger partial charge in [0.15, 0.2) is 0 Å². The zero-order valence-corrected chi connectivity index (χ0v) is 11.3. The van der Waals surface area contributed by atoms with E-state index in [4.69, 9.17) is 0 Å². The van der Waals surface area contributed by atoms with Gasteiger partial charge >= 0.3 is 0 Å². The topological polar surface area (TPSA) is 61.4 Å². The lowest BCUT2D eigenvalue weighted by Gasteiger charge is -2.34. The van der Waals surface area contributed by atoms with E-state index in [1.807, 2.05) is 7.05 Å². The number of sulfonamides is 1. The van der Waals surface area contributed by atoms with Gasteiger partial charge in [0.2, 0.25) is 10.0 Å². The van der Waals surface area contributed by atoms with E-state index in [9.17, 15) is 8.42 Å². The first-order valence-corrected chi connectivity index (χ1v) is 8.02. The minimum absolute atomic E-state index is 0.158. The van der Waals surface area contributed by atoms with Crippen molar-refractivity contribution in [3.63, 3.8) is 0 Å². The zero-order chi connectivity index (χ0) is 12.3. The van der Waals surface area contributed by atoms with Gasteiger partial charge in [-0.1, -0.05) is 0 Å². The highest BCUT2D eigenvalue weighted by atomic mass is 32.2. The van der Waals surface area contributed by atoms with Gasteiger partial charge in [-0.15, -0.1) is 0 Å². The van der Waals surface area contributed by atoms with Crippen molar-refractivity contribution >= 4 is 10.0 Å². The van der Waals surface area contributed by atoms with E-state index in [0.717, 1.165) is 38.8 Å². The average Bonchev–Trinajstić information content (AvgIpc) is 2.40. The molecule has 0 amide bonds. The van der Waals surface area contributed by atoms with Gasteiger partial charge in [0.1, 0.15) is 0 Å². The van der Waals surface area contributed by atoms with Crippen LogP contribution in [0.25, 0.3) is 0 Å². The SMILES string of the molecule is CNC1CCN(S(=O)(=O)C2CCNCC2)CC1. The molecule has 0 aliphatic carbocycles. The van der Waals surface area contributed by atoms with Gasteiger partial charge in [-0.3, -0.25) is 0 Å². The third-order valence-corrected chi connectivity index (χ3v) is 6.33. The zero-order valence-electron chi connectivity index (χ0n) is 10.5. The summed E-state index contributed by atoms with van der Waals surface area (Å²) in [5.74, 6) is 0. The summed E-state index contributed by atoms with van der Waals surface area (Å²) in [6.45, 7) is 3.02. The number of nitrogens with one attached hydrogen (secondary N) is 2. The fourth-order valence-electron chi connectivity index (χ4n) is 2.70. The molecule has 100 valence electrons. The van der Waals surface area contributed by atoms with Crippen LogP contribution in [0.4, 0.5) is 0 Å². The van der Waals surface area contributed by atoms with Crippen molar-refractivity contribution in [1.82, 2.24) is 14.9 Å². The summed E-state index contributed by atoms with van der Waals surface area (Å²) in [6, 6.07) is 0.481. The molecule has 0 aromatic rings. The molecule has 0 saturated carbocycles. The average molecular weight is 261 g/mol. The summed E-state index contributed by atoms with van der Waals surface area (Å²) in [5, 5.41) is 6.28. The maximum absolute atomic E-state index is 12.4. The van der Waals surface area contributed by atoms with Gasteiger partial charge in [0.05, 0.1) is 5.25 Å². The molecule has 6 heteroatoms. The molecule has 0 radical (unpaired) electrons. The quantitative estimate of drug-likeness (QED) is 0.735. The van der Waals surface area contributed by atoms with Crippen molar-refractivity contribution in [2.75, 3.05) is 33.2 Å². The highest BCUT2D eigenvalue weighted by Crippen LogP contribution is 2.21. The number of nitrogens with zero attached hydrogens (tertiary/aromatic N) is 1. The maximum atomic E-state index is 12.4. The Kier molecular flexibility index (Phi) is 4.41. The lowest BCUT2D eigenvalue weighted by atomic mass is 10.1. The molecule has 0 atom stereocenters. The largest absolute Gasteiger partial charge is 0.317 e. The predicted octanol–water partition coefficient (Wildman–Crippen LogP) is -0.248. The van der Waals surface area contributed by atoms with Crippen LogP contribution < -0.4 is 10.6 Å². The monoisotopic (exact) mass is 261 g/mol. The number of hydrogen-bond acceptors (Lipinski definition) is 4. The van der Waals surface area contributed by atoms with Gasteiger partial charge in [0, 0.05) is 19.1 Å². The molecule has 0 spiro atoms. The van der Waals surface area contributed by atoms with Crippen molar-refractivity contribution in [2.24, 2.45) is 0 Å². The first-order valence-electron chi connectivity index (χ1n) is 6.51. The van der Waals surface area contributed by atoms with Gasteiger partial charge < -0.3 is 10.6 Å². The smallest absolute Gasteiger partial charge is 0.217 e. The molecular formula is C11H23N3O2S. The van der Waals surface area contributed by atoms with Crippen molar-refractivity contribution in [1.29, 1.82) is 0 Å². The van der Waals surface area contributed by atoms with Crippen molar-refractivity contribution in [3.8, 4) is 0 Å². The Bertz CT molecular complexity index is 331. The van der Waals surface area contributed by atoms with Crippen molar-refractivity contribution < 1.29 is 8.42 Å². The third kappa shape index (κ3) is 2.99. The Morgan fingerprint density at radius 2 is 1.71 bits per heavy atom. The number of hydrogen-bond donors (Lipinski definition) is 2. The lowest BCUT2D eigenvalue weighted by molar-refractivity contribution is 0.293. The fourth-order valence-corrected chi connectivity index (χ4v) is 4.68. The summed E-state index contributed by atoms with van der Waals surface area (Å²) in [4.78, 5) is 0. The Labute approximate surface area is 104 Å². The van der Waals surface area contributed by atoms with Crippen molar-refractivity contribution in [3.05, 3.63) is 0 Å². The van der Waals surface area contributed by atoms with E-state index in [1.165, 1.54) is 0 Å². The van der Waals surface area contributed by atoms with Crippen molar-refractivity contribution in [2.45, 2.75) is 37.0 Å². The molecule has 2 aliphatic heterocycles. The minimum atomic E-state index is -3.05. The molecule has 0 bridgehead atoms. The van der Waals surface area contributed by atoms with Crippen LogP contribution in [0.5, 0.6) is 0 Å². The Morgan fingerprint density at radius 1 is 1.12 bits per heavy atom. The van der Waals surface area contributed by atoms with Gasteiger partial charge in [-0.2, -0.15) is 0 Å². The second-order valence-electron chi connectivity index (χ2n) is 4.96. The van der Waals surface area contributed by atoms with E-state index in [0.29, 0.717) is 19.1 Å². The van der Waals surface area contributed by atoms with E-state index in [1.54, 1.807) is 4.31 Å². The highest BCUT2D eigenvalue weighted by molar-refractivity contribution is 7.89. The molecule has 2 saturated heterocycles. The molecule has 2 fully saturated rings. The number of rotatable bonds is 3. The molecule has 2 heterocycles. The van der Waals surface area contributed by atoms with E-state index in [2.05, 4.69) is 10.6 Å². The van der Waals surface area contributed by atoms with Crippen LogP contribution in [-0.4, -0.2) is 57.2 Å². The first kappa shape index (κ1) is 13.3. The summed E-state index contributed by atoms with van der Waals surface area (Å²) in [6.07, 6.45) is 3.38.